The van der Waals surface area contributed by atoms with E-state index in [0.717, 1.165) is 12.5 Å². The summed E-state index contributed by atoms with van der Waals surface area (Å²) < 4.78 is 5.47. The molecule has 0 heterocycles. The molecule has 2 saturated carbocycles. The van der Waals surface area contributed by atoms with E-state index in [1.807, 2.05) is 7.11 Å². The summed E-state index contributed by atoms with van der Waals surface area (Å²) in [7, 11) is 6.38. The van der Waals surface area contributed by atoms with Gasteiger partial charge in [-0.1, -0.05) is 19.8 Å². The van der Waals surface area contributed by atoms with E-state index in [1.165, 1.54) is 51.4 Å². The van der Waals surface area contributed by atoms with Crippen molar-refractivity contribution in [3.05, 3.63) is 0 Å². The molecule has 0 bridgehead atoms. The lowest BCUT2D eigenvalue weighted by molar-refractivity contribution is 0.0498. The standard InChI is InChI=1S/C17H34N2O/c1-14-6-5-11-17(12-14,19(2)3)13-18-15-7-9-16(20-4)10-8-15/h14-16,18H,5-13H2,1-4H3. The minimum absolute atomic E-state index is 0.385. The molecule has 0 amide bonds. The molecule has 0 aromatic rings. The van der Waals surface area contributed by atoms with Gasteiger partial charge in [0.05, 0.1) is 6.10 Å². The Labute approximate surface area is 125 Å². The third-order valence-corrected chi connectivity index (χ3v) is 5.74. The quantitative estimate of drug-likeness (QED) is 0.839. The number of hydrogen-bond donors (Lipinski definition) is 1. The monoisotopic (exact) mass is 282 g/mol. The molecular weight excluding hydrogens is 248 g/mol. The van der Waals surface area contributed by atoms with Crippen molar-refractivity contribution >= 4 is 0 Å². The van der Waals surface area contributed by atoms with Gasteiger partial charge in [0, 0.05) is 25.2 Å². The Morgan fingerprint density at radius 3 is 2.40 bits per heavy atom. The number of nitrogens with one attached hydrogen (secondary N) is 1. The van der Waals surface area contributed by atoms with Gasteiger partial charge in [0.1, 0.15) is 0 Å². The second-order valence-corrected chi connectivity index (χ2v) is 7.41. The summed E-state index contributed by atoms with van der Waals surface area (Å²) in [6, 6.07) is 0.704. The van der Waals surface area contributed by atoms with Crippen molar-refractivity contribution in [1.29, 1.82) is 0 Å². The van der Waals surface area contributed by atoms with Gasteiger partial charge in [-0.25, -0.2) is 0 Å². The maximum atomic E-state index is 5.47. The second kappa shape index (κ2) is 7.24. The molecule has 0 radical (unpaired) electrons. The largest absolute Gasteiger partial charge is 0.381 e. The molecule has 2 rings (SSSR count). The SMILES string of the molecule is COC1CCC(NCC2(N(C)C)CCCC(C)C2)CC1. The summed E-state index contributed by atoms with van der Waals surface area (Å²) in [5, 5.41) is 3.88. The molecular formula is C17H34N2O. The van der Waals surface area contributed by atoms with Crippen molar-refractivity contribution in [2.24, 2.45) is 5.92 Å². The summed E-state index contributed by atoms with van der Waals surface area (Å²) in [6.45, 7) is 3.58. The van der Waals surface area contributed by atoms with E-state index >= 15 is 0 Å². The molecule has 0 aromatic carbocycles. The lowest BCUT2D eigenvalue weighted by atomic mass is 9.75. The van der Waals surface area contributed by atoms with Crippen LogP contribution in [0.15, 0.2) is 0 Å². The van der Waals surface area contributed by atoms with Crippen LogP contribution in [0, 0.1) is 5.92 Å². The van der Waals surface area contributed by atoms with Crippen LogP contribution in [-0.4, -0.2) is 50.3 Å². The third kappa shape index (κ3) is 3.96. The molecule has 2 fully saturated rings. The first kappa shape index (κ1) is 16.3. The van der Waals surface area contributed by atoms with Crippen molar-refractivity contribution in [1.82, 2.24) is 10.2 Å². The van der Waals surface area contributed by atoms with Crippen LogP contribution in [0.2, 0.25) is 0 Å². The highest BCUT2D eigenvalue weighted by Gasteiger charge is 2.37. The van der Waals surface area contributed by atoms with Crippen molar-refractivity contribution in [2.75, 3.05) is 27.7 Å². The van der Waals surface area contributed by atoms with Crippen molar-refractivity contribution < 1.29 is 4.74 Å². The highest BCUT2D eigenvalue weighted by Crippen LogP contribution is 2.35. The zero-order valence-corrected chi connectivity index (χ0v) is 14.0. The van der Waals surface area contributed by atoms with Gasteiger partial charge in [-0.2, -0.15) is 0 Å². The lowest BCUT2D eigenvalue weighted by Gasteiger charge is -2.46. The fourth-order valence-corrected chi connectivity index (χ4v) is 4.19. The number of ether oxygens (including phenoxy) is 1. The van der Waals surface area contributed by atoms with E-state index in [1.54, 1.807) is 0 Å². The minimum atomic E-state index is 0.385. The molecule has 0 saturated heterocycles. The van der Waals surface area contributed by atoms with Crippen molar-refractivity contribution in [3.63, 3.8) is 0 Å². The Balaban J connectivity index is 1.84. The zero-order valence-electron chi connectivity index (χ0n) is 14.0. The van der Waals surface area contributed by atoms with E-state index in [9.17, 15) is 0 Å². The topological polar surface area (TPSA) is 24.5 Å². The summed E-state index contributed by atoms with van der Waals surface area (Å²) in [4.78, 5) is 2.48. The Morgan fingerprint density at radius 2 is 1.85 bits per heavy atom. The molecule has 3 heteroatoms. The first-order valence-corrected chi connectivity index (χ1v) is 8.49. The Hall–Kier alpha value is -0.120. The van der Waals surface area contributed by atoms with Crippen LogP contribution in [0.4, 0.5) is 0 Å². The molecule has 2 atom stereocenters. The summed E-state index contributed by atoms with van der Waals surface area (Å²) in [6.07, 6.45) is 11.0. The van der Waals surface area contributed by atoms with E-state index in [0.29, 0.717) is 17.7 Å². The predicted molar refractivity (Wildman–Crippen MR) is 85.1 cm³/mol. The molecule has 3 nitrogen and oxygen atoms in total. The van der Waals surface area contributed by atoms with Gasteiger partial charge in [0.15, 0.2) is 0 Å². The molecule has 2 unspecified atom stereocenters. The van der Waals surface area contributed by atoms with Gasteiger partial charge >= 0.3 is 0 Å². The lowest BCUT2D eigenvalue weighted by Crippen LogP contribution is -2.56. The molecule has 1 N–H and O–H groups in total. The first-order chi connectivity index (χ1) is 9.55. The van der Waals surface area contributed by atoms with Gasteiger partial charge in [-0.15, -0.1) is 0 Å². The molecule has 118 valence electrons. The molecule has 0 spiro atoms. The number of nitrogens with zero attached hydrogens (tertiary/aromatic N) is 1. The normalized spacial score (nSPS) is 39.1. The molecule has 0 aliphatic heterocycles. The predicted octanol–water partition coefficient (Wildman–Crippen LogP) is 3.04. The average Bonchev–Trinajstić information content (AvgIpc) is 2.45. The highest BCUT2D eigenvalue weighted by molar-refractivity contribution is 4.95. The highest BCUT2D eigenvalue weighted by atomic mass is 16.5. The zero-order chi connectivity index (χ0) is 14.6. The van der Waals surface area contributed by atoms with Crippen LogP contribution < -0.4 is 5.32 Å². The van der Waals surface area contributed by atoms with Gasteiger partial charge < -0.3 is 15.0 Å². The maximum Gasteiger partial charge on any atom is 0.0572 e. The molecule has 0 aromatic heterocycles. The van der Waals surface area contributed by atoms with Gasteiger partial charge in [0.25, 0.3) is 0 Å². The summed E-state index contributed by atoms with van der Waals surface area (Å²) in [5.41, 5.74) is 0.385. The fourth-order valence-electron chi connectivity index (χ4n) is 4.19. The van der Waals surface area contributed by atoms with Crippen LogP contribution in [0.25, 0.3) is 0 Å². The van der Waals surface area contributed by atoms with Gasteiger partial charge in [-0.3, -0.25) is 0 Å². The van der Waals surface area contributed by atoms with Crippen molar-refractivity contribution in [2.45, 2.75) is 76.0 Å². The van der Waals surface area contributed by atoms with Crippen LogP contribution in [0.3, 0.4) is 0 Å². The van der Waals surface area contributed by atoms with Crippen LogP contribution in [0.5, 0.6) is 0 Å². The maximum absolute atomic E-state index is 5.47. The van der Waals surface area contributed by atoms with Gasteiger partial charge in [0.2, 0.25) is 0 Å². The molecule has 2 aliphatic carbocycles. The Kier molecular flexibility index (Phi) is 5.88. The summed E-state index contributed by atoms with van der Waals surface area (Å²) in [5.74, 6) is 0.872. The van der Waals surface area contributed by atoms with E-state index in [4.69, 9.17) is 4.74 Å². The van der Waals surface area contributed by atoms with E-state index in [2.05, 4.69) is 31.2 Å². The Morgan fingerprint density at radius 1 is 1.15 bits per heavy atom. The average molecular weight is 282 g/mol. The van der Waals surface area contributed by atoms with Crippen molar-refractivity contribution in [3.8, 4) is 0 Å². The van der Waals surface area contributed by atoms with Crippen LogP contribution >= 0.6 is 0 Å². The number of hydrogen-bond acceptors (Lipinski definition) is 3. The molecule has 20 heavy (non-hydrogen) atoms. The third-order valence-electron chi connectivity index (χ3n) is 5.74. The number of methoxy groups -OCH3 is 1. The summed E-state index contributed by atoms with van der Waals surface area (Å²) >= 11 is 0. The van der Waals surface area contributed by atoms with Crippen LogP contribution in [0.1, 0.15) is 58.3 Å². The first-order valence-electron chi connectivity index (χ1n) is 8.49. The number of rotatable bonds is 5. The van der Waals surface area contributed by atoms with E-state index in [-0.39, 0.29) is 0 Å². The second-order valence-electron chi connectivity index (χ2n) is 7.41. The minimum Gasteiger partial charge on any atom is -0.381 e. The van der Waals surface area contributed by atoms with E-state index < -0.39 is 0 Å². The molecule has 2 aliphatic rings. The fraction of sp³-hybridized carbons (Fsp3) is 1.00. The van der Waals surface area contributed by atoms with Gasteiger partial charge in [-0.05, 0) is 58.5 Å². The Bertz CT molecular complexity index is 287. The number of likely N-dealkylation sites (N-methyl/N-ethyl adjacent to an activating group) is 1. The smallest absolute Gasteiger partial charge is 0.0572 e. The van der Waals surface area contributed by atoms with Crippen LogP contribution in [-0.2, 0) is 4.74 Å².